The van der Waals surface area contributed by atoms with Crippen LogP contribution < -0.4 is 0 Å². The predicted octanol–water partition coefficient (Wildman–Crippen LogP) is 8.18. The summed E-state index contributed by atoms with van der Waals surface area (Å²) >= 11 is 0. The maximum Gasteiger partial charge on any atom is 0.329 e. The molecule has 5 fully saturated rings. The first-order valence-electron chi connectivity index (χ1n) is 28.4. The molecule has 6 rings (SSSR count). The van der Waals surface area contributed by atoms with Gasteiger partial charge < -0.3 is 52.4 Å². The molecular weight excluding hydrogens is 1010 g/mol. The van der Waals surface area contributed by atoms with E-state index in [0.717, 1.165) is 18.4 Å². The third-order valence-corrected chi connectivity index (χ3v) is 17.9. The van der Waals surface area contributed by atoms with E-state index in [1.54, 1.807) is 40.4 Å². The van der Waals surface area contributed by atoms with E-state index < -0.39 is 91.0 Å². The highest BCUT2D eigenvalue weighted by atomic mass is 31.2. The van der Waals surface area contributed by atoms with Crippen molar-refractivity contribution in [1.29, 1.82) is 0 Å². The molecule has 0 radical (unpaired) electrons. The summed E-state index contributed by atoms with van der Waals surface area (Å²) in [7, 11) is 1.77. The van der Waals surface area contributed by atoms with Crippen LogP contribution in [0.25, 0.3) is 0 Å². The molecule has 5 heterocycles. The minimum atomic E-state index is -2.83. The molecule has 1 N–H and O–H groups in total. The Morgan fingerprint density at radius 2 is 1.51 bits per heavy atom. The molecule has 16 atom stereocenters. The average molecular weight is 1100 g/mol. The zero-order valence-electron chi connectivity index (χ0n) is 47.9. The average Bonchev–Trinajstić information content (AvgIpc) is 3.41. The molecule has 0 aromatic rings. The molecular formula is C59H92NO16P. The van der Waals surface area contributed by atoms with Crippen LogP contribution in [-0.4, -0.2) is 168 Å². The Kier molecular flexibility index (Phi) is 23.7. The third kappa shape index (κ3) is 16.7. The molecule has 0 aromatic heterocycles. The molecule has 17 nitrogen and oxygen atoms in total. The molecule has 4 saturated heterocycles. The van der Waals surface area contributed by atoms with E-state index in [0.29, 0.717) is 83.2 Å². The van der Waals surface area contributed by atoms with E-state index in [1.165, 1.54) is 19.1 Å². The van der Waals surface area contributed by atoms with Crippen LogP contribution in [0.4, 0.5) is 0 Å². The summed E-state index contributed by atoms with van der Waals surface area (Å²) in [4.78, 5) is 73.9. The second-order valence-corrected chi connectivity index (χ2v) is 26.1. The Morgan fingerprint density at radius 1 is 0.792 bits per heavy atom. The molecule has 6 aliphatic rings. The number of rotatable bonds is 12. The van der Waals surface area contributed by atoms with Crippen LogP contribution >= 0.6 is 7.37 Å². The van der Waals surface area contributed by atoms with Crippen molar-refractivity contribution in [3.63, 3.8) is 0 Å². The summed E-state index contributed by atoms with van der Waals surface area (Å²) in [5.74, 6) is -8.29. The number of ketones is 3. The zero-order chi connectivity index (χ0) is 56.2. The number of esters is 1. The van der Waals surface area contributed by atoms with Gasteiger partial charge in [-0.2, -0.15) is 0 Å². The third-order valence-electron chi connectivity index (χ3n) is 17.1. The van der Waals surface area contributed by atoms with Crippen molar-refractivity contribution in [1.82, 2.24) is 4.90 Å². The topological polar surface area (TPSA) is 209 Å². The van der Waals surface area contributed by atoms with E-state index in [4.69, 9.17) is 42.4 Å². The van der Waals surface area contributed by atoms with Crippen molar-refractivity contribution in [2.45, 2.75) is 186 Å². The molecule has 4 bridgehead atoms. The van der Waals surface area contributed by atoms with Crippen molar-refractivity contribution in [3.05, 3.63) is 47.6 Å². The number of Topliss-reactive ketones (excluding diaryl/α,β-unsaturated/α-hetero) is 3. The number of carbonyl (C=O) groups excluding carboxylic acids is 5. The van der Waals surface area contributed by atoms with Gasteiger partial charge in [-0.3, -0.25) is 23.7 Å². The van der Waals surface area contributed by atoms with Crippen molar-refractivity contribution in [3.8, 4) is 0 Å². The van der Waals surface area contributed by atoms with Crippen molar-refractivity contribution in [2.24, 2.45) is 41.4 Å². The van der Waals surface area contributed by atoms with Gasteiger partial charge in [-0.25, -0.2) is 4.79 Å². The standard InChI is InChI=1S/C59H92NO16P/c1-36-16-13-12-14-17-37(2)49(73-29-28-72-43-23-26-71-27-24-43)34-44-21-19-41(6)59(66,75-44)56(63)57(64)60-25-15-18-45-46(32-42-20-22-48(51(33-42)68-7)76-77(10,11)67)50(74-58(65)52(45)60)35-47(61)38(3)31-40(5)54(69-8)55(70-9)53(62)39(4)30-36/h12-14,16-17,31,36,38-39,41-46,48-52,54-55,66H,15,18-30,32-35H2,1-11H3/b14-12+,16-13+,37-17+,40-31+/t36-,38-,39-,41-,42+,44+,45-,46?,48-,49+,50+,51-,52?,54-,55+,59-/m1/s1. The lowest BCUT2D eigenvalue weighted by molar-refractivity contribution is -0.266. The van der Waals surface area contributed by atoms with Crippen LogP contribution in [-0.2, 0) is 71.0 Å². The van der Waals surface area contributed by atoms with Gasteiger partial charge in [-0.1, -0.05) is 64.2 Å². The van der Waals surface area contributed by atoms with Gasteiger partial charge in [0.25, 0.3) is 11.7 Å². The second kappa shape index (κ2) is 29.0. The van der Waals surface area contributed by atoms with Gasteiger partial charge in [-0.05, 0) is 113 Å². The van der Waals surface area contributed by atoms with Gasteiger partial charge in [0.2, 0.25) is 5.79 Å². The number of hydrogen-bond donors (Lipinski definition) is 1. The second-order valence-electron chi connectivity index (χ2n) is 23.4. The Bertz CT molecular complexity index is 2180. The number of nitrogens with zero attached hydrogens (tertiary/aromatic N) is 1. The largest absolute Gasteiger partial charge is 0.460 e. The summed E-state index contributed by atoms with van der Waals surface area (Å²) in [6, 6.07) is -1.15. The van der Waals surface area contributed by atoms with Crippen LogP contribution in [0.3, 0.4) is 0 Å². The molecule has 2 unspecified atom stereocenters. The van der Waals surface area contributed by atoms with E-state index >= 15 is 0 Å². The highest BCUT2D eigenvalue weighted by Gasteiger charge is 2.57. The summed E-state index contributed by atoms with van der Waals surface area (Å²) in [6.07, 6.45) is 13.8. The minimum Gasteiger partial charge on any atom is -0.460 e. The summed E-state index contributed by atoms with van der Waals surface area (Å²) in [5.41, 5.74) is 1.52. The summed E-state index contributed by atoms with van der Waals surface area (Å²) in [6.45, 7) is 16.4. The fraction of sp³-hybridized carbons (Fsp3) is 0.780. The Balaban J connectivity index is 1.34. The highest BCUT2D eigenvalue weighted by molar-refractivity contribution is 7.57. The van der Waals surface area contributed by atoms with Crippen LogP contribution in [0.5, 0.6) is 0 Å². The van der Waals surface area contributed by atoms with Crippen LogP contribution in [0.2, 0.25) is 0 Å². The zero-order valence-corrected chi connectivity index (χ0v) is 48.8. The lowest BCUT2D eigenvalue weighted by Gasteiger charge is -2.50. The first-order valence-corrected chi connectivity index (χ1v) is 31.0. The molecule has 77 heavy (non-hydrogen) atoms. The number of amides is 1. The molecule has 0 spiro atoms. The van der Waals surface area contributed by atoms with Gasteiger partial charge in [0.15, 0.2) is 13.2 Å². The fourth-order valence-electron chi connectivity index (χ4n) is 12.8. The lowest BCUT2D eigenvalue weighted by atomic mass is 9.68. The maximum atomic E-state index is 14.8. The molecule has 5 aliphatic heterocycles. The Labute approximate surface area is 458 Å². The van der Waals surface area contributed by atoms with E-state index in [-0.39, 0.29) is 73.6 Å². The predicted molar refractivity (Wildman–Crippen MR) is 290 cm³/mol. The smallest absolute Gasteiger partial charge is 0.329 e. The lowest BCUT2D eigenvalue weighted by Crippen LogP contribution is -2.65. The van der Waals surface area contributed by atoms with Gasteiger partial charge in [0.1, 0.15) is 30.1 Å². The monoisotopic (exact) mass is 1100 g/mol. The van der Waals surface area contributed by atoms with Crippen LogP contribution in [0.15, 0.2) is 47.6 Å². The fourth-order valence-corrected chi connectivity index (χ4v) is 13.7. The van der Waals surface area contributed by atoms with Gasteiger partial charge in [0, 0.05) is 90.9 Å². The minimum absolute atomic E-state index is 0.0296. The Hall–Kier alpha value is -3.22. The van der Waals surface area contributed by atoms with Crippen molar-refractivity contribution >= 4 is 36.6 Å². The van der Waals surface area contributed by atoms with E-state index in [9.17, 15) is 33.6 Å². The number of aliphatic hydroxyl groups is 1. The van der Waals surface area contributed by atoms with Gasteiger partial charge in [-0.15, -0.1) is 0 Å². The SMILES string of the molecule is CO[C@@H]1/C(C)=C/[C@@H](C)C(=O)C[C@@H]2OC(=O)C3[C@H](CCCN3C(=O)C(=O)[C@]3(O)O[C@@H](CC[C@H]3C)C[C@H](OCCOC3CCOCC3)/C(C)=C/C=C/C=C/[C@@H](C)C[C@@H](C)C(=O)[C@@H]1OC)C2C[C@@H]1CC[C@@H](OP(C)(C)=O)[C@H](OC)C1. The molecule has 18 heteroatoms. The van der Waals surface area contributed by atoms with E-state index in [2.05, 4.69) is 0 Å². The number of carbonyl (C=O) groups is 5. The van der Waals surface area contributed by atoms with Crippen LogP contribution in [0.1, 0.15) is 125 Å². The molecule has 1 amide bonds. The number of hydrogen-bond acceptors (Lipinski definition) is 16. The quantitative estimate of drug-likeness (QED) is 0.0642. The highest BCUT2D eigenvalue weighted by Crippen LogP contribution is 2.48. The maximum absolute atomic E-state index is 14.8. The molecule has 434 valence electrons. The number of piperidine rings is 1. The first-order chi connectivity index (χ1) is 36.6. The van der Waals surface area contributed by atoms with Crippen molar-refractivity contribution in [2.75, 3.05) is 67.6 Å². The normalized spacial score (nSPS) is 39.6. The summed E-state index contributed by atoms with van der Waals surface area (Å²) < 4.78 is 67.3. The van der Waals surface area contributed by atoms with E-state index in [1.807, 2.05) is 58.1 Å². The molecule has 1 aliphatic carbocycles. The summed E-state index contributed by atoms with van der Waals surface area (Å²) in [5, 5.41) is 12.4. The first kappa shape index (κ1) is 63.0. The number of ether oxygens (including phenoxy) is 8. The molecule has 1 saturated carbocycles. The van der Waals surface area contributed by atoms with Gasteiger partial charge in [0.05, 0.1) is 43.7 Å². The Morgan fingerprint density at radius 3 is 2.19 bits per heavy atom. The van der Waals surface area contributed by atoms with Crippen LogP contribution in [0, 0.1) is 41.4 Å². The molecule has 0 aromatic carbocycles. The number of fused-ring (bicyclic) bond motifs is 4. The number of allylic oxidation sites excluding steroid dienone is 6. The van der Waals surface area contributed by atoms with Crippen molar-refractivity contribution < 1.29 is 76.1 Å². The number of methoxy groups -OCH3 is 3. The van der Waals surface area contributed by atoms with Gasteiger partial charge >= 0.3 is 5.97 Å².